The maximum absolute atomic E-state index is 12.6. The molecule has 6 nitrogen and oxygen atoms in total. The molecule has 2 aromatic rings. The lowest BCUT2D eigenvalue weighted by Gasteiger charge is -2.16. The second kappa shape index (κ2) is 9.38. The van der Waals surface area contributed by atoms with Crippen LogP contribution in [-0.2, 0) is 9.53 Å². The molecule has 0 aliphatic carbocycles. The smallest absolute Gasteiger partial charge is 0.337 e. The molecule has 0 fully saturated rings. The molecule has 0 saturated carbocycles. The van der Waals surface area contributed by atoms with E-state index < -0.39 is 11.9 Å². The molecule has 0 aliphatic rings. The van der Waals surface area contributed by atoms with Gasteiger partial charge in [-0.15, -0.1) is 0 Å². The molecule has 28 heavy (non-hydrogen) atoms. The first-order chi connectivity index (χ1) is 13.4. The predicted molar refractivity (Wildman–Crippen MR) is 109 cm³/mol. The molecule has 0 heterocycles. The molecular weight excluding hydrogens is 354 g/mol. The molecule has 0 aromatic heterocycles. The Hall–Kier alpha value is -3.59. The quantitative estimate of drug-likeness (QED) is 0.443. The third-order valence-corrected chi connectivity index (χ3v) is 4.22. The van der Waals surface area contributed by atoms with Gasteiger partial charge in [0.25, 0.3) is 5.91 Å². The van der Waals surface area contributed by atoms with Crippen LogP contribution in [0.1, 0.15) is 41.3 Å². The number of hydrogen-bond donors (Lipinski definition) is 2. The molecule has 1 amide bonds. The number of aryl methyl sites for hydroxylation is 1. The molecule has 144 valence electrons. The Labute approximate surface area is 164 Å². The number of carbonyl (C=O) groups is 2. The number of methoxy groups -OCH3 is 1. The standard InChI is InChI=1S/C22H23N3O3/c1-14(2)19-7-5-6-15(3)20(19)25-21(26)17(12-23)13-24-18-10-8-16(9-11-18)22(27)28-4/h5-11,13-14,24H,1-4H3,(H,25,26)/b17-13-. The number of nitrogens with zero attached hydrogens (tertiary/aromatic N) is 1. The predicted octanol–water partition coefficient (Wildman–Crippen LogP) is 4.36. The summed E-state index contributed by atoms with van der Waals surface area (Å²) < 4.78 is 4.65. The van der Waals surface area contributed by atoms with Crippen LogP contribution in [0.5, 0.6) is 0 Å². The van der Waals surface area contributed by atoms with Crippen LogP contribution in [0.2, 0.25) is 0 Å². The van der Waals surface area contributed by atoms with Crippen molar-refractivity contribution in [3.8, 4) is 6.07 Å². The molecule has 2 rings (SSSR count). The van der Waals surface area contributed by atoms with Crippen molar-refractivity contribution in [2.75, 3.05) is 17.7 Å². The van der Waals surface area contributed by atoms with Gasteiger partial charge in [-0.1, -0.05) is 32.0 Å². The lowest BCUT2D eigenvalue weighted by atomic mass is 9.98. The lowest BCUT2D eigenvalue weighted by molar-refractivity contribution is -0.112. The summed E-state index contributed by atoms with van der Waals surface area (Å²) in [5, 5.41) is 15.1. The SMILES string of the molecule is COC(=O)c1ccc(N/C=C(/C#N)C(=O)Nc2c(C)cccc2C(C)C)cc1. The number of anilines is 2. The van der Waals surface area contributed by atoms with Crippen molar-refractivity contribution in [2.24, 2.45) is 0 Å². The highest BCUT2D eigenvalue weighted by atomic mass is 16.5. The second-order valence-electron chi connectivity index (χ2n) is 6.53. The first-order valence-corrected chi connectivity index (χ1v) is 8.83. The summed E-state index contributed by atoms with van der Waals surface area (Å²) in [6.07, 6.45) is 1.34. The Morgan fingerprint density at radius 3 is 2.39 bits per heavy atom. The fourth-order valence-electron chi connectivity index (χ4n) is 2.65. The van der Waals surface area contributed by atoms with Crippen LogP contribution in [0, 0.1) is 18.3 Å². The minimum absolute atomic E-state index is 0.0602. The van der Waals surface area contributed by atoms with E-state index in [1.807, 2.05) is 45.0 Å². The average Bonchev–Trinajstić information content (AvgIpc) is 2.69. The van der Waals surface area contributed by atoms with Gasteiger partial charge in [0.05, 0.1) is 12.7 Å². The average molecular weight is 377 g/mol. The van der Waals surface area contributed by atoms with Gasteiger partial charge in [-0.25, -0.2) is 4.79 Å². The second-order valence-corrected chi connectivity index (χ2v) is 6.53. The number of amides is 1. The van der Waals surface area contributed by atoms with Crippen molar-refractivity contribution in [1.82, 2.24) is 0 Å². The number of carbonyl (C=O) groups excluding carboxylic acids is 2. The maximum atomic E-state index is 12.6. The maximum Gasteiger partial charge on any atom is 0.337 e. The fraction of sp³-hybridized carbons (Fsp3) is 0.227. The number of rotatable bonds is 6. The van der Waals surface area contributed by atoms with E-state index in [-0.39, 0.29) is 11.5 Å². The van der Waals surface area contributed by atoms with Crippen LogP contribution in [0.25, 0.3) is 0 Å². The summed E-state index contributed by atoms with van der Waals surface area (Å²) in [6.45, 7) is 6.01. The Morgan fingerprint density at radius 1 is 1.14 bits per heavy atom. The van der Waals surface area contributed by atoms with Gasteiger partial charge in [0.1, 0.15) is 11.6 Å². The van der Waals surface area contributed by atoms with Crippen LogP contribution in [0.15, 0.2) is 54.2 Å². The Morgan fingerprint density at radius 2 is 1.82 bits per heavy atom. The van der Waals surface area contributed by atoms with E-state index in [1.54, 1.807) is 24.3 Å². The summed E-state index contributed by atoms with van der Waals surface area (Å²) in [5.41, 5.74) is 3.66. The van der Waals surface area contributed by atoms with E-state index in [4.69, 9.17) is 0 Å². The summed E-state index contributed by atoms with van der Waals surface area (Å²) >= 11 is 0. The van der Waals surface area contributed by atoms with E-state index in [0.717, 1.165) is 16.8 Å². The number of nitrogens with one attached hydrogen (secondary N) is 2. The topological polar surface area (TPSA) is 91.2 Å². The lowest BCUT2D eigenvalue weighted by Crippen LogP contribution is -2.17. The van der Waals surface area contributed by atoms with E-state index in [9.17, 15) is 14.9 Å². The summed E-state index contributed by atoms with van der Waals surface area (Å²) in [5.74, 6) is -0.688. The van der Waals surface area contributed by atoms with Gasteiger partial charge in [0.15, 0.2) is 0 Å². The van der Waals surface area contributed by atoms with Gasteiger partial charge in [0, 0.05) is 17.6 Å². The number of esters is 1. The highest BCUT2D eigenvalue weighted by Gasteiger charge is 2.15. The van der Waals surface area contributed by atoms with Gasteiger partial charge in [-0.2, -0.15) is 5.26 Å². The zero-order chi connectivity index (χ0) is 20.7. The first-order valence-electron chi connectivity index (χ1n) is 8.83. The van der Waals surface area contributed by atoms with Gasteiger partial charge in [0.2, 0.25) is 0 Å². The molecule has 0 aliphatic heterocycles. The Kier molecular flexibility index (Phi) is 6.94. The zero-order valence-corrected chi connectivity index (χ0v) is 16.4. The minimum atomic E-state index is -0.489. The van der Waals surface area contributed by atoms with Crippen molar-refractivity contribution in [1.29, 1.82) is 5.26 Å². The first kappa shape index (κ1) is 20.7. The van der Waals surface area contributed by atoms with E-state index in [1.165, 1.54) is 13.3 Å². The van der Waals surface area contributed by atoms with Crippen molar-refractivity contribution < 1.29 is 14.3 Å². The molecule has 6 heteroatoms. The largest absolute Gasteiger partial charge is 0.465 e. The van der Waals surface area contributed by atoms with Crippen LogP contribution >= 0.6 is 0 Å². The Balaban J connectivity index is 2.16. The number of ether oxygens (including phenoxy) is 1. The summed E-state index contributed by atoms with van der Waals surface area (Å²) in [6, 6.07) is 14.2. The van der Waals surface area contributed by atoms with Crippen molar-refractivity contribution in [2.45, 2.75) is 26.7 Å². The van der Waals surface area contributed by atoms with Crippen molar-refractivity contribution in [3.63, 3.8) is 0 Å². The van der Waals surface area contributed by atoms with Crippen LogP contribution < -0.4 is 10.6 Å². The van der Waals surface area contributed by atoms with Crippen molar-refractivity contribution >= 4 is 23.3 Å². The van der Waals surface area contributed by atoms with Crippen LogP contribution in [0.3, 0.4) is 0 Å². The highest BCUT2D eigenvalue weighted by Crippen LogP contribution is 2.27. The van der Waals surface area contributed by atoms with Gasteiger partial charge in [-0.05, 0) is 48.2 Å². The van der Waals surface area contributed by atoms with Gasteiger partial charge >= 0.3 is 5.97 Å². The molecule has 0 unspecified atom stereocenters. The molecule has 0 saturated heterocycles. The monoisotopic (exact) mass is 377 g/mol. The molecule has 0 atom stereocenters. The molecule has 0 radical (unpaired) electrons. The third-order valence-electron chi connectivity index (χ3n) is 4.22. The highest BCUT2D eigenvalue weighted by molar-refractivity contribution is 6.07. The number of nitriles is 1. The van der Waals surface area contributed by atoms with Gasteiger partial charge in [-0.3, -0.25) is 4.79 Å². The van der Waals surface area contributed by atoms with Crippen LogP contribution in [0.4, 0.5) is 11.4 Å². The number of para-hydroxylation sites is 1. The van der Waals surface area contributed by atoms with Gasteiger partial charge < -0.3 is 15.4 Å². The summed E-state index contributed by atoms with van der Waals surface area (Å²) in [7, 11) is 1.31. The zero-order valence-electron chi connectivity index (χ0n) is 16.4. The molecule has 0 bridgehead atoms. The minimum Gasteiger partial charge on any atom is -0.465 e. The van der Waals surface area contributed by atoms with Crippen LogP contribution in [-0.4, -0.2) is 19.0 Å². The fourth-order valence-corrected chi connectivity index (χ4v) is 2.65. The summed E-state index contributed by atoms with van der Waals surface area (Å²) in [4.78, 5) is 24.0. The van der Waals surface area contributed by atoms with E-state index >= 15 is 0 Å². The third kappa shape index (κ3) is 4.98. The molecule has 2 N–H and O–H groups in total. The van der Waals surface area contributed by atoms with E-state index in [0.29, 0.717) is 11.3 Å². The molecular formula is C22H23N3O3. The van der Waals surface area contributed by atoms with Crippen molar-refractivity contribution in [3.05, 3.63) is 70.9 Å². The normalized spacial score (nSPS) is 10.9. The number of hydrogen-bond acceptors (Lipinski definition) is 5. The molecule has 2 aromatic carbocycles. The van der Waals surface area contributed by atoms with E-state index in [2.05, 4.69) is 15.4 Å². The Bertz CT molecular complexity index is 938. The molecule has 0 spiro atoms. The number of benzene rings is 2.